The maximum absolute atomic E-state index is 12.8. The summed E-state index contributed by atoms with van der Waals surface area (Å²) in [5.74, 6) is -1.46. The number of benzene rings is 1. The molecular weight excluding hydrogens is 360 g/mol. The number of hydrogen-bond donors (Lipinski definition) is 2. The van der Waals surface area contributed by atoms with E-state index in [1.807, 2.05) is 30.3 Å². The topological polar surface area (TPSA) is 101 Å². The molecule has 144 valence electrons. The number of nitrogens with one attached hydrogen (secondary N) is 2. The molecule has 4 heterocycles. The average Bonchev–Trinajstić information content (AvgIpc) is 3.39. The Morgan fingerprint density at radius 2 is 1.79 bits per heavy atom. The van der Waals surface area contributed by atoms with Gasteiger partial charge in [0.25, 0.3) is 5.91 Å². The van der Waals surface area contributed by atoms with Crippen molar-refractivity contribution < 1.29 is 19.1 Å². The lowest BCUT2D eigenvalue weighted by Gasteiger charge is -2.24. The summed E-state index contributed by atoms with van der Waals surface area (Å²) in [4.78, 5) is 43.6. The molecular formula is C20H20N4O4. The van der Waals surface area contributed by atoms with Crippen LogP contribution in [-0.2, 0) is 19.1 Å². The van der Waals surface area contributed by atoms with E-state index in [4.69, 9.17) is 4.74 Å². The van der Waals surface area contributed by atoms with E-state index in [0.29, 0.717) is 5.82 Å². The number of hydrogen-bond acceptors (Lipinski definition) is 6. The molecule has 3 saturated heterocycles. The molecule has 0 saturated carbocycles. The predicted molar refractivity (Wildman–Crippen MR) is 99.7 cm³/mol. The quantitative estimate of drug-likeness (QED) is 0.611. The molecule has 5 unspecified atom stereocenters. The first kappa shape index (κ1) is 17.1. The van der Waals surface area contributed by atoms with Crippen LogP contribution < -0.4 is 10.9 Å². The van der Waals surface area contributed by atoms with Gasteiger partial charge in [0.2, 0.25) is 11.8 Å². The van der Waals surface area contributed by atoms with Crippen molar-refractivity contribution in [2.24, 2.45) is 11.8 Å². The Hall–Kier alpha value is -3.00. The molecule has 5 rings (SSSR count). The van der Waals surface area contributed by atoms with E-state index in [2.05, 4.69) is 15.8 Å². The molecule has 0 spiro atoms. The summed E-state index contributed by atoms with van der Waals surface area (Å²) in [7, 11) is 0. The Morgan fingerprint density at radius 1 is 1.11 bits per heavy atom. The van der Waals surface area contributed by atoms with Gasteiger partial charge in [-0.05, 0) is 38.0 Å². The number of hydrazine groups is 1. The molecule has 3 aliphatic heterocycles. The van der Waals surface area contributed by atoms with Crippen LogP contribution in [0.1, 0.15) is 19.8 Å². The first-order chi connectivity index (χ1) is 13.5. The molecule has 0 aliphatic carbocycles. The summed E-state index contributed by atoms with van der Waals surface area (Å²) in [5, 5.41) is 0.990. The van der Waals surface area contributed by atoms with Gasteiger partial charge in [-0.1, -0.05) is 18.2 Å². The molecule has 3 aliphatic rings. The van der Waals surface area contributed by atoms with Crippen LogP contribution in [0, 0.1) is 11.8 Å². The van der Waals surface area contributed by atoms with Crippen molar-refractivity contribution in [2.45, 2.75) is 38.0 Å². The number of aromatic nitrogens is 1. The highest BCUT2D eigenvalue weighted by atomic mass is 16.5. The number of para-hydroxylation sites is 1. The summed E-state index contributed by atoms with van der Waals surface area (Å²) in [6.07, 6.45) is 1.22. The zero-order valence-electron chi connectivity index (χ0n) is 15.3. The van der Waals surface area contributed by atoms with E-state index in [1.165, 1.54) is 0 Å². The minimum Gasteiger partial charge on any atom is -0.373 e. The Balaban J connectivity index is 1.27. The third-order valence-electron chi connectivity index (χ3n) is 6.00. The molecule has 1 aromatic carbocycles. The highest BCUT2D eigenvalue weighted by Crippen LogP contribution is 2.48. The van der Waals surface area contributed by atoms with Crippen molar-refractivity contribution >= 4 is 34.4 Å². The second-order valence-electron chi connectivity index (χ2n) is 7.57. The lowest BCUT2D eigenvalue weighted by atomic mass is 9.81. The van der Waals surface area contributed by atoms with Crippen LogP contribution >= 0.6 is 0 Å². The summed E-state index contributed by atoms with van der Waals surface area (Å²) in [6, 6.07) is 10.4. The van der Waals surface area contributed by atoms with Gasteiger partial charge in [0.15, 0.2) is 0 Å². The number of ether oxygens (including phenoxy) is 1. The number of carbonyl (C=O) groups is 3. The Kier molecular flexibility index (Phi) is 3.83. The van der Waals surface area contributed by atoms with Gasteiger partial charge in [0.1, 0.15) is 11.9 Å². The smallest absolute Gasteiger partial charge is 0.261 e. The number of likely N-dealkylation sites (tertiary alicyclic amines) is 1. The molecule has 8 heteroatoms. The maximum atomic E-state index is 12.8. The summed E-state index contributed by atoms with van der Waals surface area (Å²) < 4.78 is 5.72. The van der Waals surface area contributed by atoms with Gasteiger partial charge < -0.3 is 4.74 Å². The first-order valence-electron chi connectivity index (χ1n) is 9.48. The molecule has 5 atom stereocenters. The molecule has 2 bridgehead atoms. The summed E-state index contributed by atoms with van der Waals surface area (Å²) in [5.41, 5.74) is 6.12. The number of imide groups is 1. The second kappa shape index (κ2) is 6.27. The van der Waals surface area contributed by atoms with Crippen LogP contribution in [0.25, 0.3) is 10.9 Å². The minimum absolute atomic E-state index is 0.188. The fourth-order valence-electron chi connectivity index (χ4n) is 4.60. The van der Waals surface area contributed by atoms with Gasteiger partial charge in [0, 0.05) is 5.39 Å². The van der Waals surface area contributed by atoms with Crippen LogP contribution in [0.4, 0.5) is 5.82 Å². The zero-order valence-corrected chi connectivity index (χ0v) is 15.3. The zero-order chi connectivity index (χ0) is 19.4. The number of nitrogens with zero attached hydrogens (tertiary/aromatic N) is 2. The number of amides is 3. The number of rotatable bonds is 4. The molecule has 2 N–H and O–H groups in total. The highest BCUT2D eigenvalue weighted by Gasteiger charge is 2.63. The molecule has 28 heavy (non-hydrogen) atoms. The average molecular weight is 380 g/mol. The standard InChI is InChI=1S/C20H20N4O4/c1-10(24-19(26)16-13-7-8-14(28-13)17(16)20(24)27)18(25)23-22-15-9-6-11-4-2-3-5-12(11)21-15/h2-6,9-10,13-14,16-17H,7-8H2,1H3,(H,21,22)(H,23,25). The second-order valence-corrected chi connectivity index (χ2v) is 7.57. The van der Waals surface area contributed by atoms with Crippen molar-refractivity contribution in [1.29, 1.82) is 0 Å². The largest absolute Gasteiger partial charge is 0.373 e. The minimum atomic E-state index is -0.905. The lowest BCUT2D eigenvalue weighted by Crippen LogP contribution is -2.50. The van der Waals surface area contributed by atoms with Crippen LogP contribution in [0.3, 0.4) is 0 Å². The van der Waals surface area contributed by atoms with Gasteiger partial charge in [-0.15, -0.1) is 0 Å². The Labute approximate surface area is 161 Å². The van der Waals surface area contributed by atoms with Crippen LogP contribution in [-0.4, -0.2) is 45.9 Å². The van der Waals surface area contributed by atoms with E-state index in [9.17, 15) is 14.4 Å². The summed E-state index contributed by atoms with van der Waals surface area (Å²) >= 11 is 0. The first-order valence-corrected chi connectivity index (χ1v) is 9.48. The summed E-state index contributed by atoms with van der Waals surface area (Å²) in [6.45, 7) is 1.56. The predicted octanol–water partition coefficient (Wildman–Crippen LogP) is 1.23. The molecule has 3 fully saturated rings. The van der Waals surface area contributed by atoms with Gasteiger partial charge in [0.05, 0.1) is 29.6 Å². The van der Waals surface area contributed by atoms with Crippen LogP contribution in [0.5, 0.6) is 0 Å². The van der Waals surface area contributed by atoms with Gasteiger partial charge in [-0.3, -0.25) is 30.1 Å². The molecule has 0 radical (unpaired) electrons. The maximum Gasteiger partial charge on any atom is 0.261 e. The number of pyridine rings is 1. The molecule has 1 aromatic heterocycles. The van der Waals surface area contributed by atoms with E-state index in [-0.39, 0.29) is 24.0 Å². The van der Waals surface area contributed by atoms with E-state index < -0.39 is 23.8 Å². The third-order valence-corrected chi connectivity index (χ3v) is 6.00. The van der Waals surface area contributed by atoms with Crippen molar-refractivity contribution in [3.05, 3.63) is 36.4 Å². The van der Waals surface area contributed by atoms with E-state index >= 15 is 0 Å². The van der Waals surface area contributed by atoms with Gasteiger partial charge >= 0.3 is 0 Å². The monoisotopic (exact) mass is 380 g/mol. The number of fused-ring (bicyclic) bond motifs is 6. The highest BCUT2D eigenvalue weighted by molar-refractivity contribution is 6.09. The van der Waals surface area contributed by atoms with Crippen molar-refractivity contribution in [3.63, 3.8) is 0 Å². The normalized spacial score (nSPS) is 29.2. The third kappa shape index (κ3) is 2.48. The fourth-order valence-corrected chi connectivity index (χ4v) is 4.60. The van der Waals surface area contributed by atoms with Gasteiger partial charge in [-0.25, -0.2) is 4.98 Å². The van der Waals surface area contributed by atoms with Gasteiger partial charge in [-0.2, -0.15) is 0 Å². The Bertz CT molecular complexity index is 965. The SMILES string of the molecule is CC(C(=O)NNc1ccc2ccccc2n1)N1C(=O)C2C3CCC(O3)C2C1=O. The van der Waals surface area contributed by atoms with E-state index in [0.717, 1.165) is 28.6 Å². The fraction of sp³-hybridized carbons (Fsp3) is 0.400. The molecule has 3 amide bonds. The van der Waals surface area contributed by atoms with Crippen LogP contribution in [0.15, 0.2) is 36.4 Å². The van der Waals surface area contributed by atoms with Crippen molar-refractivity contribution in [1.82, 2.24) is 15.3 Å². The molecule has 8 nitrogen and oxygen atoms in total. The number of anilines is 1. The molecule has 2 aromatic rings. The van der Waals surface area contributed by atoms with Crippen molar-refractivity contribution in [3.8, 4) is 0 Å². The Morgan fingerprint density at radius 3 is 2.50 bits per heavy atom. The van der Waals surface area contributed by atoms with Crippen LogP contribution in [0.2, 0.25) is 0 Å². The van der Waals surface area contributed by atoms with Crippen molar-refractivity contribution in [2.75, 3.05) is 5.43 Å². The lowest BCUT2D eigenvalue weighted by molar-refractivity contribution is -0.149. The number of carbonyl (C=O) groups excluding carboxylic acids is 3. The van der Waals surface area contributed by atoms with E-state index in [1.54, 1.807) is 13.0 Å².